The lowest BCUT2D eigenvalue weighted by atomic mass is 10.1. The fraction of sp³-hybridized carbons (Fsp3) is 0.429. The molecule has 0 aromatic heterocycles. The molecule has 0 bridgehead atoms. The van der Waals surface area contributed by atoms with E-state index < -0.39 is 0 Å². The molecule has 0 atom stereocenters. The summed E-state index contributed by atoms with van der Waals surface area (Å²) in [7, 11) is 1.78. The van der Waals surface area contributed by atoms with Crippen molar-refractivity contribution in [1.82, 2.24) is 4.90 Å². The molecule has 19 heavy (non-hydrogen) atoms. The minimum Gasteiger partial charge on any atom is -0.389 e. The molecule has 104 valence electrons. The Morgan fingerprint density at radius 2 is 2.21 bits per heavy atom. The number of amides is 1. The molecule has 2 N–H and O–H groups in total. The summed E-state index contributed by atoms with van der Waals surface area (Å²) in [5.74, 6) is 0.0641. The Kier molecular flexibility index (Phi) is 6.45. The molecule has 0 heterocycles. The molecule has 0 spiro atoms. The van der Waals surface area contributed by atoms with Crippen LogP contribution < -0.4 is 5.73 Å². The third-order valence-electron chi connectivity index (χ3n) is 2.72. The van der Waals surface area contributed by atoms with Gasteiger partial charge < -0.3 is 15.4 Å². The average Bonchev–Trinajstić information content (AvgIpc) is 2.39. The molecule has 1 amide bonds. The van der Waals surface area contributed by atoms with Crippen molar-refractivity contribution in [2.45, 2.75) is 19.9 Å². The van der Waals surface area contributed by atoms with Gasteiger partial charge in [0.2, 0.25) is 5.91 Å². The van der Waals surface area contributed by atoms with Gasteiger partial charge in [-0.1, -0.05) is 30.4 Å². The number of ether oxygens (including phenoxy) is 1. The maximum atomic E-state index is 11.8. The predicted molar refractivity (Wildman–Crippen MR) is 79.9 cm³/mol. The van der Waals surface area contributed by atoms with Crippen LogP contribution in [0.3, 0.4) is 0 Å². The second kappa shape index (κ2) is 7.86. The highest BCUT2D eigenvalue weighted by molar-refractivity contribution is 7.80. The standard InChI is InChI=1S/C14H20N2O2S/c1-3-18-8-7-13(17)16(2)10-11-5-4-6-12(9-11)14(15)19/h4-6,9H,3,7-8,10H2,1-2H3,(H2,15,19). The van der Waals surface area contributed by atoms with E-state index in [1.165, 1.54) is 0 Å². The van der Waals surface area contributed by atoms with Crippen molar-refractivity contribution in [3.8, 4) is 0 Å². The minimum atomic E-state index is 0.0641. The molecule has 0 fully saturated rings. The summed E-state index contributed by atoms with van der Waals surface area (Å²) in [5.41, 5.74) is 7.42. The van der Waals surface area contributed by atoms with E-state index in [-0.39, 0.29) is 5.91 Å². The molecule has 0 aliphatic carbocycles. The van der Waals surface area contributed by atoms with Crippen molar-refractivity contribution in [2.75, 3.05) is 20.3 Å². The van der Waals surface area contributed by atoms with Crippen LogP contribution in [0.15, 0.2) is 24.3 Å². The molecule has 0 saturated heterocycles. The van der Waals surface area contributed by atoms with Crippen LogP contribution in [0.5, 0.6) is 0 Å². The summed E-state index contributed by atoms with van der Waals surface area (Å²) in [6.45, 7) is 3.55. The summed E-state index contributed by atoms with van der Waals surface area (Å²) in [6, 6.07) is 7.62. The number of hydrogen-bond acceptors (Lipinski definition) is 3. The molecule has 1 aromatic rings. The molecular weight excluding hydrogens is 260 g/mol. The van der Waals surface area contributed by atoms with E-state index in [9.17, 15) is 4.79 Å². The Morgan fingerprint density at radius 3 is 2.84 bits per heavy atom. The number of carbonyl (C=O) groups is 1. The molecule has 4 nitrogen and oxygen atoms in total. The second-order valence-corrected chi connectivity index (χ2v) is 4.70. The number of thiocarbonyl (C=S) groups is 1. The first-order chi connectivity index (χ1) is 9.04. The minimum absolute atomic E-state index is 0.0641. The predicted octanol–water partition coefficient (Wildman–Crippen LogP) is 1.71. The Labute approximate surface area is 119 Å². The SMILES string of the molecule is CCOCCC(=O)N(C)Cc1cccc(C(N)=S)c1. The second-order valence-electron chi connectivity index (χ2n) is 4.26. The molecule has 0 saturated carbocycles. The van der Waals surface area contributed by atoms with Gasteiger partial charge in [-0.15, -0.1) is 0 Å². The number of nitrogens with zero attached hydrogens (tertiary/aromatic N) is 1. The van der Waals surface area contributed by atoms with Gasteiger partial charge in [-0.05, 0) is 18.6 Å². The third kappa shape index (κ3) is 5.36. The zero-order valence-electron chi connectivity index (χ0n) is 11.4. The smallest absolute Gasteiger partial charge is 0.224 e. The van der Waals surface area contributed by atoms with Crippen LogP contribution in [0.1, 0.15) is 24.5 Å². The van der Waals surface area contributed by atoms with Crippen LogP contribution in [-0.2, 0) is 16.1 Å². The number of benzene rings is 1. The lowest BCUT2D eigenvalue weighted by Crippen LogP contribution is -2.27. The first-order valence-electron chi connectivity index (χ1n) is 6.25. The Morgan fingerprint density at radius 1 is 1.47 bits per heavy atom. The van der Waals surface area contributed by atoms with Crippen molar-refractivity contribution in [2.24, 2.45) is 5.73 Å². The topological polar surface area (TPSA) is 55.6 Å². The molecule has 0 unspecified atom stereocenters. The van der Waals surface area contributed by atoms with E-state index in [0.29, 0.717) is 31.2 Å². The third-order valence-corrected chi connectivity index (χ3v) is 2.96. The Balaban J connectivity index is 2.56. The van der Waals surface area contributed by atoms with Crippen LogP contribution >= 0.6 is 12.2 Å². The van der Waals surface area contributed by atoms with Gasteiger partial charge in [-0.2, -0.15) is 0 Å². The van der Waals surface area contributed by atoms with Gasteiger partial charge in [0.1, 0.15) is 4.99 Å². The highest BCUT2D eigenvalue weighted by Gasteiger charge is 2.09. The van der Waals surface area contributed by atoms with Crippen LogP contribution in [0.2, 0.25) is 0 Å². The Hall–Kier alpha value is -1.46. The lowest BCUT2D eigenvalue weighted by Gasteiger charge is -2.17. The first kappa shape index (κ1) is 15.6. The Bertz CT molecular complexity index is 449. The fourth-order valence-corrected chi connectivity index (χ4v) is 1.81. The van der Waals surface area contributed by atoms with Crippen molar-refractivity contribution in [3.05, 3.63) is 35.4 Å². The van der Waals surface area contributed by atoms with Gasteiger partial charge in [0.15, 0.2) is 0 Å². The summed E-state index contributed by atoms with van der Waals surface area (Å²) in [5, 5.41) is 0. The van der Waals surface area contributed by atoms with E-state index in [0.717, 1.165) is 11.1 Å². The van der Waals surface area contributed by atoms with Gasteiger partial charge in [-0.25, -0.2) is 0 Å². The maximum absolute atomic E-state index is 11.8. The van der Waals surface area contributed by atoms with Gasteiger partial charge in [0.05, 0.1) is 13.0 Å². The first-order valence-corrected chi connectivity index (χ1v) is 6.66. The van der Waals surface area contributed by atoms with Gasteiger partial charge >= 0.3 is 0 Å². The fourth-order valence-electron chi connectivity index (χ4n) is 1.68. The maximum Gasteiger partial charge on any atom is 0.224 e. The number of nitrogens with two attached hydrogens (primary N) is 1. The average molecular weight is 280 g/mol. The lowest BCUT2D eigenvalue weighted by molar-refractivity contribution is -0.131. The van der Waals surface area contributed by atoms with E-state index in [4.69, 9.17) is 22.7 Å². The molecule has 5 heteroatoms. The van der Waals surface area contributed by atoms with E-state index in [1.54, 1.807) is 11.9 Å². The number of hydrogen-bond donors (Lipinski definition) is 1. The van der Waals surface area contributed by atoms with E-state index >= 15 is 0 Å². The quantitative estimate of drug-likeness (QED) is 0.610. The normalized spacial score (nSPS) is 10.2. The summed E-state index contributed by atoms with van der Waals surface area (Å²) < 4.78 is 5.17. The van der Waals surface area contributed by atoms with Crippen molar-refractivity contribution >= 4 is 23.1 Å². The van der Waals surface area contributed by atoms with Crippen molar-refractivity contribution in [1.29, 1.82) is 0 Å². The molecule has 1 aromatic carbocycles. The summed E-state index contributed by atoms with van der Waals surface area (Å²) in [6.07, 6.45) is 0.402. The van der Waals surface area contributed by atoms with Crippen molar-refractivity contribution < 1.29 is 9.53 Å². The molecule has 0 aliphatic heterocycles. The molecule has 1 rings (SSSR count). The van der Waals surface area contributed by atoms with E-state index in [2.05, 4.69) is 0 Å². The largest absolute Gasteiger partial charge is 0.389 e. The highest BCUT2D eigenvalue weighted by Crippen LogP contribution is 2.08. The molecule has 0 radical (unpaired) electrons. The van der Waals surface area contributed by atoms with Crippen LogP contribution in [0.4, 0.5) is 0 Å². The van der Waals surface area contributed by atoms with Gasteiger partial charge in [0, 0.05) is 25.8 Å². The van der Waals surface area contributed by atoms with E-state index in [1.807, 2.05) is 31.2 Å². The zero-order chi connectivity index (χ0) is 14.3. The summed E-state index contributed by atoms with van der Waals surface area (Å²) in [4.78, 5) is 13.9. The van der Waals surface area contributed by atoms with Crippen LogP contribution in [0, 0.1) is 0 Å². The molecular formula is C14H20N2O2S. The van der Waals surface area contributed by atoms with Crippen molar-refractivity contribution in [3.63, 3.8) is 0 Å². The summed E-state index contributed by atoms with van der Waals surface area (Å²) >= 11 is 4.94. The van der Waals surface area contributed by atoms with Crippen LogP contribution in [-0.4, -0.2) is 36.1 Å². The highest BCUT2D eigenvalue weighted by atomic mass is 32.1. The monoisotopic (exact) mass is 280 g/mol. The van der Waals surface area contributed by atoms with Gasteiger partial charge in [-0.3, -0.25) is 4.79 Å². The number of rotatable bonds is 7. The van der Waals surface area contributed by atoms with Crippen LogP contribution in [0.25, 0.3) is 0 Å². The number of carbonyl (C=O) groups excluding carboxylic acids is 1. The van der Waals surface area contributed by atoms with Gasteiger partial charge in [0.25, 0.3) is 0 Å². The molecule has 0 aliphatic rings. The zero-order valence-corrected chi connectivity index (χ0v) is 12.2.